The fraction of sp³-hybridized carbons (Fsp3) is 0.588. The Morgan fingerprint density at radius 2 is 1.90 bits per heavy atom. The average Bonchev–Trinajstić information content (AvgIpc) is 2.53. The highest BCUT2D eigenvalue weighted by Crippen LogP contribution is 2.30. The molecular weight excluding hydrogens is 264 g/mol. The molecule has 1 aromatic rings. The summed E-state index contributed by atoms with van der Waals surface area (Å²) in [5, 5.41) is 13.4. The van der Waals surface area contributed by atoms with Gasteiger partial charge < -0.3 is 15.3 Å². The molecule has 2 amide bonds. The molecule has 1 atom stereocenters. The maximum Gasteiger partial charge on any atom is 0.317 e. The third kappa shape index (κ3) is 4.46. The number of nitrogens with zero attached hydrogens (tertiary/aromatic N) is 1. The maximum atomic E-state index is 12.0. The quantitative estimate of drug-likeness (QED) is 0.896. The first-order valence-electron chi connectivity index (χ1n) is 7.83. The second-order valence-electron chi connectivity index (χ2n) is 6.26. The molecule has 1 fully saturated rings. The van der Waals surface area contributed by atoms with Crippen molar-refractivity contribution in [3.05, 3.63) is 35.9 Å². The van der Waals surface area contributed by atoms with Gasteiger partial charge in [0, 0.05) is 19.6 Å². The standard InChI is InChI=1S/C17H26N2O2/c1-13(2)12-18-17(21)19-10-8-15(9-11-19)16(20)14-6-4-3-5-7-14/h3-7,13,15-16,20H,8-12H2,1-2H3,(H,18,21). The van der Waals surface area contributed by atoms with Gasteiger partial charge in [0.05, 0.1) is 6.10 Å². The average molecular weight is 290 g/mol. The van der Waals surface area contributed by atoms with Crippen LogP contribution in [-0.4, -0.2) is 35.7 Å². The first-order valence-corrected chi connectivity index (χ1v) is 7.83. The molecule has 1 heterocycles. The number of piperidine rings is 1. The van der Waals surface area contributed by atoms with Gasteiger partial charge in [0.25, 0.3) is 0 Å². The lowest BCUT2D eigenvalue weighted by Gasteiger charge is -2.34. The molecule has 0 saturated carbocycles. The van der Waals surface area contributed by atoms with Crippen molar-refractivity contribution in [3.63, 3.8) is 0 Å². The van der Waals surface area contributed by atoms with Crippen LogP contribution in [0.25, 0.3) is 0 Å². The molecule has 116 valence electrons. The van der Waals surface area contributed by atoms with Crippen LogP contribution in [0.15, 0.2) is 30.3 Å². The Hall–Kier alpha value is -1.55. The molecule has 0 bridgehead atoms. The molecule has 2 rings (SSSR count). The predicted octanol–water partition coefficient (Wildman–Crippen LogP) is 2.80. The van der Waals surface area contributed by atoms with Crippen LogP contribution in [0.3, 0.4) is 0 Å². The third-order valence-electron chi connectivity index (χ3n) is 4.08. The normalized spacial score (nSPS) is 17.8. The lowest BCUT2D eigenvalue weighted by Crippen LogP contribution is -2.46. The number of hydrogen-bond acceptors (Lipinski definition) is 2. The molecule has 2 N–H and O–H groups in total. The number of urea groups is 1. The summed E-state index contributed by atoms with van der Waals surface area (Å²) in [4.78, 5) is 13.9. The van der Waals surface area contributed by atoms with Crippen LogP contribution in [0.4, 0.5) is 4.79 Å². The van der Waals surface area contributed by atoms with E-state index in [9.17, 15) is 9.90 Å². The van der Waals surface area contributed by atoms with E-state index in [1.165, 1.54) is 0 Å². The molecule has 0 aliphatic carbocycles. The Kier molecular flexibility index (Phi) is 5.62. The number of aliphatic hydroxyl groups is 1. The Bertz CT molecular complexity index is 439. The molecule has 1 unspecified atom stereocenters. The number of rotatable bonds is 4. The number of carbonyl (C=O) groups excluding carboxylic acids is 1. The second-order valence-corrected chi connectivity index (χ2v) is 6.26. The SMILES string of the molecule is CC(C)CNC(=O)N1CCC(C(O)c2ccccc2)CC1. The zero-order valence-electron chi connectivity index (χ0n) is 13.0. The Labute approximate surface area is 127 Å². The molecular formula is C17H26N2O2. The summed E-state index contributed by atoms with van der Waals surface area (Å²) >= 11 is 0. The minimum absolute atomic E-state index is 0.0244. The Morgan fingerprint density at radius 3 is 2.48 bits per heavy atom. The summed E-state index contributed by atoms with van der Waals surface area (Å²) in [5.41, 5.74) is 0.972. The highest BCUT2D eigenvalue weighted by molar-refractivity contribution is 5.74. The van der Waals surface area contributed by atoms with E-state index in [1.54, 1.807) is 0 Å². The summed E-state index contributed by atoms with van der Waals surface area (Å²) in [7, 11) is 0. The zero-order valence-corrected chi connectivity index (χ0v) is 13.0. The van der Waals surface area contributed by atoms with E-state index in [0.717, 1.165) is 31.5 Å². The van der Waals surface area contributed by atoms with E-state index in [2.05, 4.69) is 19.2 Å². The van der Waals surface area contributed by atoms with Crippen LogP contribution in [0.5, 0.6) is 0 Å². The van der Waals surface area contributed by atoms with Gasteiger partial charge in [-0.25, -0.2) is 4.79 Å². The van der Waals surface area contributed by atoms with Gasteiger partial charge in [-0.2, -0.15) is 0 Å². The van der Waals surface area contributed by atoms with Crippen LogP contribution >= 0.6 is 0 Å². The minimum atomic E-state index is -0.424. The fourth-order valence-electron chi connectivity index (χ4n) is 2.74. The van der Waals surface area contributed by atoms with Crippen LogP contribution in [0, 0.1) is 11.8 Å². The van der Waals surface area contributed by atoms with Gasteiger partial charge >= 0.3 is 6.03 Å². The lowest BCUT2D eigenvalue weighted by atomic mass is 9.87. The van der Waals surface area contributed by atoms with E-state index in [-0.39, 0.29) is 11.9 Å². The molecule has 1 aliphatic heterocycles. The largest absolute Gasteiger partial charge is 0.388 e. The first kappa shape index (κ1) is 15.8. The summed E-state index contributed by atoms with van der Waals surface area (Å²) in [6, 6.07) is 9.81. The Morgan fingerprint density at radius 1 is 1.29 bits per heavy atom. The van der Waals surface area contributed by atoms with Crippen LogP contribution in [0.1, 0.15) is 38.4 Å². The third-order valence-corrected chi connectivity index (χ3v) is 4.08. The number of carbonyl (C=O) groups is 1. The van der Waals surface area contributed by atoms with Crippen molar-refractivity contribution in [2.75, 3.05) is 19.6 Å². The summed E-state index contributed by atoms with van der Waals surface area (Å²) in [6.07, 6.45) is 1.28. The van der Waals surface area contributed by atoms with Crippen LogP contribution in [0.2, 0.25) is 0 Å². The molecule has 4 heteroatoms. The van der Waals surface area contributed by atoms with Gasteiger partial charge in [0.1, 0.15) is 0 Å². The van der Waals surface area contributed by atoms with Gasteiger partial charge in [-0.1, -0.05) is 44.2 Å². The van der Waals surface area contributed by atoms with E-state index < -0.39 is 6.10 Å². The van der Waals surface area contributed by atoms with Crippen molar-refractivity contribution >= 4 is 6.03 Å². The fourth-order valence-corrected chi connectivity index (χ4v) is 2.74. The number of aliphatic hydroxyl groups excluding tert-OH is 1. The van der Waals surface area contributed by atoms with E-state index in [1.807, 2.05) is 35.2 Å². The molecule has 0 spiro atoms. The molecule has 0 aromatic heterocycles. The molecule has 0 radical (unpaired) electrons. The number of benzene rings is 1. The minimum Gasteiger partial charge on any atom is -0.388 e. The van der Waals surface area contributed by atoms with E-state index >= 15 is 0 Å². The molecule has 4 nitrogen and oxygen atoms in total. The number of amides is 2. The van der Waals surface area contributed by atoms with Gasteiger partial charge in [0.2, 0.25) is 0 Å². The van der Waals surface area contributed by atoms with Crippen molar-refractivity contribution < 1.29 is 9.90 Å². The highest BCUT2D eigenvalue weighted by Gasteiger charge is 2.28. The van der Waals surface area contributed by atoms with Crippen LogP contribution in [-0.2, 0) is 0 Å². The molecule has 1 saturated heterocycles. The monoisotopic (exact) mass is 290 g/mol. The van der Waals surface area contributed by atoms with Gasteiger partial charge in [-0.15, -0.1) is 0 Å². The Balaban J connectivity index is 1.81. The van der Waals surface area contributed by atoms with E-state index in [0.29, 0.717) is 12.5 Å². The van der Waals surface area contributed by atoms with Crippen molar-refractivity contribution in [2.24, 2.45) is 11.8 Å². The molecule has 1 aromatic carbocycles. The predicted molar refractivity (Wildman–Crippen MR) is 83.9 cm³/mol. The molecule has 21 heavy (non-hydrogen) atoms. The lowest BCUT2D eigenvalue weighted by molar-refractivity contribution is 0.0664. The first-order chi connectivity index (χ1) is 10.1. The second kappa shape index (κ2) is 7.46. The van der Waals surface area contributed by atoms with Crippen molar-refractivity contribution in [2.45, 2.75) is 32.8 Å². The highest BCUT2D eigenvalue weighted by atomic mass is 16.3. The summed E-state index contributed by atoms with van der Waals surface area (Å²) < 4.78 is 0. The van der Waals surface area contributed by atoms with E-state index in [4.69, 9.17) is 0 Å². The topological polar surface area (TPSA) is 52.6 Å². The van der Waals surface area contributed by atoms with Gasteiger partial charge in [-0.05, 0) is 30.2 Å². The summed E-state index contributed by atoms with van der Waals surface area (Å²) in [6.45, 7) is 6.33. The number of likely N-dealkylation sites (tertiary alicyclic amines) is 1. The zero-order chi connectivity index (χ0) is 15.2. The number of nitrogens with one attached hydrogen (secondary N) is 1. The van der Waals surface area contributed by atoms with Crippen molar-refractivity contribution in [3.8, 4) is 0 Å². The van der Waals surface area contributed by atoms with Crippen molar-refractivity contribution in [1.82, 2.24) is 10.2 Å². The van der Waals surface area contributed by atoms with Crippen molar-refractivity contribution in [1.29, 1.82) is 0 Å². The summed E-state index contributed by atoms with van der Waals surface area (Å²) in [5.74, 6) is 0.702. The smallest absolute Gasteiger partial charge is 0.317 e. The number of hydrogen-bond donors (Lipinski definition) is 2. The maximum absolute atomic E-state index is 12.0. The molecule has 1 aliphatic rings. The van der Waals surface area contributed by atoms with Crippen LogP contribution < -0.4 is 5.32 Å². The van der Waals surface area contributed by atoms with Gasteiger partial charge in [-0.3, -0.25) is 0 Å². The van der Waals surface area contributed by atoms with Gasteiger partial charge in [0.15, 0.2) is 0 Å².